The van der Waals surface area contributed by atoms with Gasteiger partial charge < -0.3 is 15.4 Å². The Morgan fingerprint density at radius 3 is 2.78 bits per heavy atom. The molecule has 0 aromatic heterocycles. The van der Waals surface area contributed by atoms with Crippen LogP contribution in [0.1, 0.15) is 0 Å². The van der Waals surface area contributed by atoms with Crippen molar-refractivity contribution in [2.45, 2.75) is 0 Å². The Kier molecular flexibility index (Phi) is 4.04. The summed E-state index contributed by atoms with van der Waals surface area (Å²) in [5.74, 6) is 1.22. The normalized spacial score (nSPS) is 19.6. The Balaban J connectivity index is 2.11. The summed E-state index contributed by atoms with van der Waals surface area (Å²) in [4.78, 5) is 13.6. The SMILES string of the molecule is CNCC1CNC(=O)N(c2ccc(OC)cc2)C1. The van der Waals surface area contributed by atoms with Crippen LogP contribution in [-0.2, 0) is 0 Å². The molecule has 0 saturated carbocycles. The number of nitrogens with one attached hydrogen (secondary N) is 2. The summed E-state index contributed by atoms with van der Waals surface area (Å²) >= 11 is 0. The molecule has 1 aromatic carbocycles. The van der Waals surface area contributed by atoms with Crippen LogP contribution < -0.4 is 20.3 Å². The van der Waals surface area contributed by atoms with Crippen molar-refractivity contribution < 1.29 is 9.53 Å². The van der Waals surface area contributed by atoms with Gasteiger partial charge in [-0.25, -0.2) is 4.79 Å². The summed E-state index contributed by atoms with van der Waals surface area (Å²) in [6.45, 7) is 2.36. The first-order chi connectivity index (χ1) is 8.74. The molecule has 1 aliphatic rings. The first-order valence-corrected chi connectivity index (χ1v) is 6.08. The fraction of sp³-hybridized carbons (Fsp3) is 0.462. The highest BCUT2D eigenvalue weighted by Crippen LogP contribution is 2.21. The quantitative estimate of drug-likeness (QED) is 0.839. The van der Waals surface area contributed by atoms with E-state index in [2.05, 4.69) is 10.6 Å². The lowest BCUT2D eigenvalue weighted by atomic mass is 10.1. The zero-order valence-electron chi connectivity index (χ0n) is 10.8. The van der Waals surface area contributed by atoms with Gasteiger partial charge in [0.25, 0.3) is 0 Å². The van der Waals surface area contributed by atoms with Gasteiger partial charge in [0.2, 0.25) is 0 Å². The number of ether oxygens (including phenoxy) is 1. The first kappa shape index (κ1) is 12.7. The summed E-state index contributed by atoms with van der Waals surface area (Å²) in [5.41, 5.74) is 0.897. The van der Waals surface area contributed by atoms with Gasteiger partial charge >= 0.3 is 6.03 Å². The number of hydrogen-bond acceptors (Lipinski definition) is 3. The highest BCUT2D eigenvalue weighted by Gasteiger charge is 2.25. The van der Waals surface area contributed by atoms with Crippen molar-refractivity contribution in [1.82, 2.24) is 10.6 Å². The molecule has 2 rings (SSSR count). The van der Waals surface area contributed by atoms with Gasteiger partial charge in [-0.3, -0.25) is 4.90 Å². The van der Waals surface area contributed by atoms with Crippen LogP contribution in [0.3, 0.4) is 0 Å². The van der Waals surface area contributed by atoms with Crippen LogP contribution in [-0.4, -0.2) is 39.8 Å². The van der Waals surface area contributed by atoms with E-state index in [9.17, 15) is 4.79 Å². The van der Waals surface area contributed by atoms with Gasteiger partial charge in [-0.15, -0.1) is 0 Å². The van der Waals surface area contributed by atoms with Crippen molar-refractivity contribution in [1.29, 1.82) is 0 Å². The van der Waals surface area contributed by atoms with Crippen LogP contribution in [0.2, 0.25) is 0 Å². The molecular formula is C13H19N3O2. The van der Waals surface area contributed by atoms with E-state index >= 15 is 0 Å². The van der Waals surface area contributed by atoms with E-state index in [1.54, 1.807) is 12.0 Å². The standard InChI is InChI=1S/C13H19N3O2/c1-14-7-10-8-15-13(17)16(9-10)11-3-5-12(18-2)6-4-11/h3-6,10,14H,7-9H2,1-2H3,(H,15,17). The molecule has 1 fully saturated rings. The molecule has 0 spiro atoms. The summed E-state index contributed by atoms with van der Waals surface area (Å²) in [6.07, 6.45) is 0. The van der Waals surface area contributed by atoms with Crippen LogP contribution >= 0.6 is 0 Å². The summed E-state index contributed by atoms with van der Waals surface area (Å²) < 4.78 is 5.11. The molecule has 1 heterocycles. The van der Waals surface area contributed by atoms with Gasteiger partial charge in [-0.2, -0.15) is 0 Å². The van der Waals surface area contributed by atoms with E-state index in [1.807, 2.05) is 31.3 Å². The maximum atomic E-state index is 11.9. The number of amides is 2. The maximum absolute atomic E-state index is 11.9. The van der Waals surface area contributed by atoms with Crippen LogP contribution in [0, 0.1) is 5.92 Å². The summed E-state index contributed by atoms with van der Waals surface area (Å²) in [7, 11) is 3.56. The van der Waals surface area contributed by atoms with E-state index in [4.69, 9.17) is 4.74 Å². The third-order valence-corrected chi connectivity index (χ3v) is 3.10. The molecule has 5 nitrogen and oxygen atoms in total. The Morgan fingerprint density at radius 1 is 1.44 bits per heavy atom. The molecule has 98 valence electrons. The molecule has 0 radical (unpaired) electrons. The average Bonchev–Trinajstić information content (AvgIpc) is 2.41. The Morgan fingerprint density at radius 2 is 2.17 bits per heavy atom. The zero-order valence-corrected chi connectivity index (χ0v) is 10.8. The molecule has 1 aromatic rings. The third-order valence-electron chi connectivity index (χ3n) is 3.10. The molecule has 0 aliphatic carbocycles. The van der Waals surface area contributed by atoms with Crippen molar-refractivity contribution in [2.24, 2.45) is 5.92 Å². The predicted molar refractivity (Wildman–Crippen MR) is 71.2 cm³/mol. The smallest absolute Gasteiger partial charge is 0.321 e. The lowest BCUT2D eigenvalue weighted by Crippen LogP contribution is -2.53. The molecule has 0 bridgehead atoms. The van der Waals surface area contributed by atoms with Crippen molar-refractivity contribution in [3.8, 4) is 5.75 Å². The van der Waals surface area contributed by atoms with Crippen LogP contribution in [0.15, 0.2) is 24.3 Å². The van der Waals surface area contributed by atoms with Gasteiger partial charge in [0.1, 0.15) is 5.75 Å². The number of methoxy groups -OCH3 is 1. The zero-order chi connectivity index (χ0) is 13.0. The number of hydrogen-bond donors (Lipinski definition) is 2. The van der Waals surface area contributed by atoms with Gasteiger partial charge in [0.15, 0.2) is 0 Å². The molecule has 18 heavy (non-hydrogen) atoms. The van der Waals surface area contributed by atoms with Crippen LogP contribution in [0.5, 0.6) is 5.75 Å². The topological polar surface area (TPSA) is 53.6 Å². The largest absolute Gasteiger partial charge is 0.497 e. The number of anilines is 1. The van der Waals surface area contributed by atoms with Gasteiger partial charge in [0.05, 0.1) is 7.11 Å². The van der Waals surface area contributed by atoms with Gasteiger partial charge in [0, 0.05) is 31.2 Å². The average molecular weight is 249 g/mol. The number of rotatable bonds is 4. The minimum absolute atomic E-state index is 0.0347. The van der Waals surface area contributed by atoms with Gasteiger partial charge in [-0.05, 0) is 31.3 Å². The van der Waals surface area contributed by atoms with Crippen molar-refractivity contribution in [3.63, 3.8) is 0 Å². The second-order valence-electron chi connectivity index (χ2n) is 4.42. The molecule has 5 heteroatoms. The number of benzene rings is 1. The Hall–Kier alpha value is -1.75. The minimum atomic E-state index is -0.0347. The molecule has 2 N–H and O–H groups in total. The summed E-state index contributed by atoms with van der Waals surface area (Å²) in [5, 5.41) is 6.05. The lowest BCUT2D eigenvalue weighted by molar-refractivity contribution is 0.236. The fourth-order valence-corrected chi connectivity index (χ4v) is 2.14. The van der Waals surface area contributed by atoms with Crippen molar-refractivity contribution in [2.75, 3.05) is 38.7 Å². The number of nitrogens with zero attached hydrogens (tertiary/aromatic N) is 1. The van der Waals surface area contributed by atoms with E-state index in [1.165, 1.54) is 0 Å². The van der Waals surface area contributed by atoms with Crippen LogP contribution in [0.4, 0.5) is 10.5 Å². The third kappa shape index (κ3) is 2.73. The van der Waals surface area contributed by atoms with E-state index in [0.717, 1.165) is 31.1 Å². The molecule has 1 aliphatic heterocycles. The summed E-state index contributed by atoms with van der Waals surface area (Å²) in [6, 6.07) is 7.50. The highest BCUT2D eigenvalue weighted by atomic mass is 16.5. The second-order valence-corrected chi connectivity index (χ2v) is 4.42. The molecule has 2 amide bonds. The maximum Gasteiger partial charge on any atom is 0.321 e. The Labute approximate surface area is 107 Å². The number of urea groups is 1. The van der Waals surface area contributed by atoms with Gasteiger partial charge in [-0.1, -0.05) is 0 Å². The molecule has 1 saturated heterocycles. The van der Waals surface area contributed by atoms with Crippen LogP contribution in [0.25, 0.3) is 0 Å². The fourth-order valence-electron chi connectivity index (χ4n) is 2.14. The second kappa shape index (κ2) is 5.73. The molecular weight excluding hydrogens is 230 g/mol. The number of carbonyl (C=O) groups is 1. The molecule has 1 unspecified atom stereocenters. The predicted octanol–water partition coefficient (Wildman–Crippen LogP) is 1.06. The first-order valence-electron chi connectivity index (χ1n) is 6.08. The van der Waals surface area contributed by atoms with Crippen molar-refractivity contribution >= 4 is 11.7 Å². The van der Waals surface area contributed by atoms with Crippen molar-refractivity contribution in [3.05, 3.63) is 24.3 Å². The highest BCUT2D eigenvalue weighted by molar-refractivity contribution is 5.92. The molecule has 1 atom stereocenters. The van der Waals surface area contributed by atoms with E-state index < -0.39 is 0 Å². The monoisotopic (exact) mass is 249 g/mol. The van der Waals surface area contributed by atoms with E-state index in [-0.39, 0.29) is 6.03 Å². The lowest BCUT2D eigenvalue weighted by Gasteiger charge is -2.33. The minimum Gasteiger partial charge on any atom is -0.497 e. The van der Waals surface area contributed by atoms with E-state index in [0.29, 0.717) is 5.92 Å². The Bertz CT molecular complexity index is 405. The number of carbonyl (C=O) groups excluding carboxylic acids is 1.